The predicted molar refractivity (Wildman–Crippen MR) is 114 cm³/mol. The van der Waals surface area contributed by atoms with Crippen LogP contribution in [0.25, 0.3) is 33.1 Å². The molecule has 1 atom stereocenters. The number of hydrogen-bond acceptors (Lipinski definition) is 6. The number of methoxy groups -OCH3 is 1. The first kappa shape index (κ1) is 18.7. The molecule has 0 aliphatic carbocycles. The maximum absolute atomic E-state index is 15.9. The van der Waals surface area contributed by atoms with Crippen molar-refractivity contribution < 1.29 is 9.13 Å². The topological polar surface area (TPSA) is 79.8 Å². The second-order valence-corrected chi connectivity index (χ2v) is 8.00. The zero-order valence-electron chi connectivity index (χ0n) is 17.2. The van der Waals surface area contributed by atoms with Crippen LogP contribution in [0.2, 0.25) is 0 Å². The van der Waals surface area contributed by atoms with Crippen LogP contribution in [0.1, 0.15) is 25.3 Å². The molecule has 5 rings (SSSR count). The Morgan fingerprint density at radius 1 is 1.20 bits per heavy atom. The molecule has 1 aromatic carbocycles. The van der Waals surface area contributed by atoms with Crippen LogP contribution in [-0.4, -0.2) is 45.3 Å². The standard InChI is InChI=1S/C22H23FN6O/c1-12-5-4-8-29(11-12)21-15-9-24-20(18(23)19(15)26-22(27-21)30-3)17-13(2)6-7-16-14(17)10-25-28-16/h6-7,9-10,12H,4-5,8,11H2,1-3H3,(H,25,28). The van der Waals surface area contributed by atoms with E-state index in [0.29, 0.717) is 22.7 Å². The summed E-state index contributed by atoms with van der Waals surface area (Å²) >= 11 is 0. The average Bonchev–Trinajstić information content (AvgIpc) is 3.23. The van der Waals surface area contributed by atoms with Gasteiger partial charge in [-0.25, -0.2) is 4.39 Å². The van der Waals surface area contributed by atoms with Gasteiger partial charge in [0.05, 0.1) is 24.2 Å². The van der Waals surface area contributed by atoms with E-state index in [1.807, 2.05) is 19.1 Å². The van der Waals surface area contributed by atoms with Crippen molar-refractivity contribution in [1.29, 1.82) is 0 Å². The highest BCUT2D eigenvalue weighted by molar-refractivity contribution is 5.98. The fourth-order valence-electron chi connectivity index (χ4n) is 4.35. The molecule has 1 N–H and O–H groups in total. The van der Waals surface area contributed by atoms with E-state index in [1.165, 1.54) is 13.5 Å². The highest BCUT2D eigenvalue weighted by atomic mass is 19.1. The zero-order valence-corrected chi connectivity index (χ0v) is 17.2. The van der Waals surface area contributed by atoms with Crippen molar-refractivity contribution in [3.8, 4) is 17.3 Å². The molecule has 8 heteroatoms. The monoisotopic (exact) mass is 406 g/mol. The number of fused-ring (bicyclic) bond motifs is 2. The van der Waals surface area contributed by atoms with E-state index in [-0.39, 0.29) is 17.2 Å². The lowest BCUT2D eigenvalue weighted by atomic mass is 9.99. The lowest BCUT2D eigenvalue weighted by Gasteiger charge is -2.32. The van der Waals surface area contributed by atoms with Crippen LogP contribution in [-0.2, 0) is 0 Å². The molecule has 4 aromatic rings. The van der Waals surface area contributed by atoms with Gasteiger partial charge in [0.25, 0.3) is 0 Å². The van der Waals surface area contributed by atoms with Crippen LogP contribution in [0.5, 0.6) is 6.01 Å². The Morgan fingerprint density at radius 2 is 2.07 bits per heavy atom. The van der Waals surface area contributed by atoms with Gasteiger partial charge in [0, 0.05) is 30.2 Å². The number of nitrogens with one attached hydrogen (secondary N) is 1. The molecule has 1 fully saturated rings. The maximum Gasteiger partial charge on any atom is 0.318 e. The summed E-state index contributed by atoms with van der Waals surface area (Å²) in [7, 11) is 1.50. The molecule has 0 spiro atoms. The van der Waals surface area contributed by atoms with Gasteiger partial charge in [0.1, 0.15) is 17.0 Å². The van der Waals surface area contributed by atoms with Gasteiger partial charge in [-0.15, -0.1) is 0 Å². The number of rotatable bonds is 3. The summed E-state index contributed by atoms with van der Waals surface area (Å²) in [5, 5.41) is 8.46. The van der Waals surface area contributed by atoms with Gasteiger partial charge >= 0.3 is 6.01 Å². The van der Waals surface area contributed by atoms with Crippen LogP contribution < -0.4 is 9.64 Å². The van der Waals surface area contributed by atoms with Crippen molar-refractivity contribution >= 4 is 27.6 Å². The molecule has 1 aliphatic heterocycles. The summed E-state index contributed by atoms with van der Waals surface area (Å²) < 4.78 is 21.2. The number of aromatic nitrogens is 5. The number of pyridine rings is 1. The number of ether oxygens (including phenoxy) is 1. The Morgan fingerprint density at radius 3 is 2.87 bits per heavy atom. The Hall–Kier alpha value is -3.29. The van der Waals surface area contributed by atoms with Gasteiger partial charge in [-0.05, 0) is 37.3 Å². The average molecular weight is 406 g/mol. The molecule has 1 aliphatic rings. The smallest absolute Gasteiger partial charge is 0.318 e. The third-order valence-electron chi connectivity index (χ3n) is 5.85. The summed E-state index contributed by atoms with van der Waals surface area (Å²) in [6.07, 6.45) is 5.64. The number of halogens is 1. The number of aryl methyl sites for hydroxylation is 1. The van der Waals surface area contributed by atoms with Crippen LogP contribution in [0, 0.1) is 18.7 Å². The number of hydrogen-bond donors (Lipinski definition) is 1. The number of piperidine rings is 1. The molecule has 154 valence electrons. The largest absolute Gasteiger partial charge is 0.467 e. The lowest BCUT2D eigenvalue weighted by molar-refractivity contribution is 0.379. The van der Waals surface area contributed by atoms with Crippen molar-refractivity contribution in [1.82, 2.24) is 25.1 Å². The molecule has 30 heavy (non-hydrogen) atoms. The van der Waals surface area contributed by atoms with Crippen molar-refractivity contribution in [2.75, 3.05) is 25.1 Å². The highest BCUT2D eigenvalue weighted by Crippen LogP contribution is 2.36. The first-order valence-electron chi connectivity index (χ1n) is 10.1. The summed E-state index contributed by atoms with van der Waals surface area (Å²) in [6, 6.07) is 4.02. The van der Waals surface area contributed by atoms with E-state index >= 15 is 4.39 Å². The number of aromatic amines is 1. The van der Waals surface area contributed by atoms with Crippen LogP contribution in [0.3, 0.4) is 0 Å². The third kappa shape index (κ3) is 2.94. The molecule has 0 bridgehead atoms. The fraction of sp³-hybridized carbons (Fsp3) is 0.364. The summed E-state index contributed by atoms with van der Waals surface area (Å²) in [4.78, 5) is 15.6. The minimum absolute atomic E-state index is 0.157. The summed E-state index contributed by atoms with van der Waals surface area (Å²) in [6.45, 7) is 5.90. The summed E-state index contributed by atoms with van der Waals surface area (Å²) in [5.41, 5.74) is 2.94. The Bertz CT molecular complexity index is 1250. The van der Waals surface area contributed by atoms with Crippen molar-refractivity contribution in [3.63, 3.8) is 0 Å². The van der Waals surface area contributed by atoms with E-state index in [2.05, 4.69) is 37.0 Å². The van der Waals surface area contributed by atoms with Gasteiger partial charge in [0.2, 0.25) is 0 Å². The first-order chi connectivity index (χ1) is 14.6. The minimum Gasteiger partial charge on any atom is -0.467 e. The zero-order chi connectivity index (χ0) is 20.8. The first-order valence-corrected chi connectivity index (χ1v) is 10.1. The molecular formula is C22H23FN6O. The van der Waals surface area contributed by atoms with Crippen LogP contribution in [0.15, 0.2) is 24.5 Å². The molecule has 0 saturated carbocycles. The molecule has 7 nitrogen and oxygen atoms in total. The minimum atomic E-state index is -0.476. The second kappa shape index (κ2) is 7.19. The van der Waals surface area contributed by atoms with Crippen molar-refractivity contribution in [2.45, 2.75) is 26.7 Å². The Labute approximate surface area is 173 Å². The van der Waals surface area contributed by atoms with E-state index in [9.17, 15) is 0 Å². The predicted octanol–water partition coefficient (Wildman–Crippen LogP) is 4.26. The number of nitrogens with zero attached hydrogens (tertiary/aromatic N) is 5. The molecule has 1 saturated heterocycles. The number of H-pyrrole nitrogens is 1. The second-order valence-electron chi connectivity index (χ2n) is 8.00. The third-order valence-corrected chi connectivity index (χ3v) is 5.85. The van der Waals surface area contributed by atoms with Gasteiger partial charge in [0.15, 0.2) is 5.82 Å². The molecule has 0 amide bonds. The van der Waals surface area contributed by atoms with Crippen molar-refractivity contribution in [2.24, 2.45) is 5.92 Å². The lowest BCUT2D eigenvalue weighted by Crippen LogP contribution is -2.35. The summed E-state index contributed by atoms with van der Waals surface area (Å²) in [5.74, 6) is 0.754. The fourth-order valence-corrected chi connectivity index (χ4v) is 4.35. The van der Waals surface area contributed by atoms with Gasteiger partial charge in [-0.1, -0.05) is 13.0 Å². The molecule has 4 heterocycles. The van der Waals surface area contributed by atoms with Gasteiger partial charge < -0.3 is 9.64 Å². The SMILES string of the molecule is COc1nc(N2CCCC(C)C2)c2cnc(-c3c(C)ccc4[nH]ncc34)c(F)c2n1. The van der Waals surface area contributed by atoms with Crippen molar-refractivity contribution in [3.05, 3.63) is 35.9 Å². The van der Waals surface area contributed by atoms with E-state index in [1.54, 1.807) is 12.4 Å². The maximum atomic E-state index is 15.9. The normalized spacial score (nSPS) is 17.1. The van der Waals surface area contributed by atoms with E-state index < -0.39 is 5.82 Å². The highest BCUT2D eigenvalue weighted by Gasteiger charge is 2.25. The molecule has 1 unspecified atom stereocenters. The Kier molecular flexibility index (Phi) is 4.49. The molecule has 0 radical (unpaired) electrons. The molecular weight excluding hydrogens is 383 g/mol. The van der Waals surface area contributed by atoms with Gasteiger partial charge in [-0.2, -0.15) is 15.1 Å². The van der Waals surface area contributed by atoms with E-state index in [0.717, 1.165) is 36.0 Å². The number of anilines is 1. The Balaban J connectivity index is 1.75. The quantitative estimate of drug-likeness (QED) is 0.548. The number of benzene rings is 1. The van der Waals surface area contributed by atoms with Gasteiger partial charge in [-0.3, -0.25) is 10.1 Å². The van der Waals surface area contributed by atoms with E-state index in [4.69, 9.17) is 4.74 Å². The van der Waals surface area contributed by atoms with Crippen LogP contribution >= 0.6 is 0 Å². The molecule has 3 aromatic heterocycles. The van der Waals surface area contributed by atoms with Crippen LogP contribution in [0.4, 0.5) is 10.2 Å².